The molecule has 7 nitrogen and oxygen atoms in total. The molecule has 0 spiro atoms. The van der Waals surface area contributed by atoms with Gasteiger partial charge >= 0.3 is 5.97 Å². The fourth-order valence-corrected chi connectivity index (χ4v) is 4.84. The van der Waals surface area contributed by atoms with E-state index >= 15 is 0 Å². The number of nitrogens with one attached hydrogen (secondary N) is 1. The Balaban J connectivity index is 1.55. The number of nitrogens with zero attached hydrogens (tertiary/aromatic N) is 3. The largest absolute Gasteiger partial charge is 0.465 e. The van der Waals surface area contributed by atoms with Crippen LogP contribution in [0.5, 0.6) is 0 Å². The second-order valence-corrected chi connectivity index (χ2v) is 9.12. The van der Waals surface area contributed by atoms with Crippen molar-refractivity contribution in [3.8, 4) is 11.4 Å². The Bertz CT molecular complexity index is 1270. The molecule has 0 aliphatic heterocycles. The predicted molar refractivity (Wildman–Crippen MR) is 131 cm³/mol. The highest BCUT2D eigenvalue weighted by Crippen LogP contribution is 2.30. The van der Waals surface area contributed by atoms with Crippen molar-refractivity contribution in [1.29, 1.82) is 0 Å². The molecule has 0 radical (unpaired) electrons. The van der Waals surface area contributed by atoms with E-state index in [2.05, 4.69) is 15.5 Å². The number of methoxy groups -OCH3 is 1. The van der Waals surface area contributed by atoms with E-state index < -0.39 is 5.97 Å². The van der Waals surface area contributed by atoms with E-state index in [1.54, 1.807) is 17.5 Å². The molecule has 1 amide bonds. The van der Waals surface area contributed by atoms with E-state index in [-0.39, 0.29) is 11.7 Å². The molecule has 33 heavy (non-hydrogen) atoms. The summed E-state index contributed by atoms with van der Waals surface area (Å²) in [5, 5.41) is 14.3. The maximum absolute atomic E-state index is 12.6. The van der Waals surface area contributed by atoms with E-state index in [1.807, 2.05) is 53.1 Å². The minimum Gasteiger partial charge on any atom is -0.465 e. The summed E-state index contributed by atoms with van der Waals surface area (Å²) in [5.74, 6) is -0.0402. The van der Waals surface area contributed by atoms with Crippen LogP contribution in [-0.4, -0.2) is 39.5 Å². The van der Waals surface area contributed by atoms with Gasteiger partial charge in [0.25, 0.3) is 0 Å². The summed E-state index contributed by atoms with van der Waals surface area (Å²) in [7, 11) is 1.31. The van der Waals surface area contributed by atoms with E-state index in [4.69, 9.17) is 16.3 Å². The summed E-state index contributed by atoms with van der Waals surface area (Å²) < 4.78 is 6.70. The first-order chi connectivity index (χ1) is 16.1. The number of aromatic nitrogens is 3. The molecule has 0 saturated carbocycles. The molecule has 0 unspecified atom stereocenters. The molecule has 0 atom stereocenters. The van der Waals surface area contributed by atoms with Crippen LogP contribution in [0.2, 0.25) is 5.02 Å². The molecule has 0 fully saturated rings. The van der Waals surface area contributed by atoms with Crippen LogP contribution in [0.15, 0.2) is 71.2 Å². The quantitative estimate of drug-likeness (QED) is 0.264. The monoisotopic (exact) mass is 498 g/mol. The average molecular weight is 499 g/mol. The highest BCUT2D eigenvalue weighted by molar-refractivity contribution is 7.99. The lowest BCUT2D eigenvalue weighted by Gasteiger charge is -2.11. The molecule has 0 aliphatic rings. The lowest BCUT2D eigenvalue weighted by Crippen LogP contribution is -2.16. The molecule has 2 aromatic heterocycles. The number of hydrogen-bond acceptors (Lipinski definition) is 7. The number of amides is 1. The van der Waals surface area contributed by atoms with Gasteiger partial charge in [0.1, 0.15) is 4.88 Å². The molecule has 168 valence electrons. The Morgan fingerprint density at radius 2 is 1.85 bits per heavy atom. The fraction of sp³-hybridized carbons (Fsp3) is 0.130. The molecule has 0 bridgehead atoms. The van der Waals surface area contributed by atoms with Crippen molar-refractivity contribution in [3.05, 3.63) is 81.5 Å². The van der Waals surface area contributed by atoms with Crippen LogP contribution >= 0.6 is 34.7 Å². The van der Waals surface area contributed by atoms with Gasteiger partial charge in [-0.25, -0.2) is 4.79 Å². The van der Waals surface area contributed by atoms with Gasteiger partial charge in [0, 0.05) is 5.56 Å². The van der Waals surface area contributed by atoms with E-state index in [9.17, 15) is 9.59 Å². The number of thiophene rings is 1. The molecule has 2 aromatic carbocycles. The van der Waals surface area contributed by atoms with Gasteiger partial charge in [0.2, 0.25) is 5.91 Å². The molecule has 4 aromatic rings. The zero-order valence-corrected chi connectivity index (χ0v) is 19.9. The third-order valence-corrected chi connectivity index (χ3v) is 6.85. The van der Waals surface area contributed by atoms with Crippen molar-refractivity contribution in [2.24, 2.45) is 0 Å². The van der Waals surface area contributed by atoms with Gasteiger partial charge < -0.3 is 10.1 Å². The van der Waals surface area contributed by atoms with Crippen LogP contribution < -0.4 is 5.32 Å². The van der Waals surface area contributed by atoms with Crippen LogP contribution in [0, 0.1) is 0 Å². The maximum Gasteiger partial charge on any atom is 0.350 e. The number of thioether (sulfide) groups is 1. The van der Waals surface area contributed by atoms with Crippen LogP contribution in [0.25, 0.3) is 11.4 Å². The number of benzene rings is 2. The van der Waals surface area contributed by atoms with Gasteiger partial charge in [0.15, 0.2) is 11.0 Å². The van der Waals surface area contributed by atoms with Crippen LogP contribution in [-0.2, 0) is 16.1 Å². The zero-order chi connectivity index (χ0) is 23.2. The lowest BCUT2D eigenvalue weighted by molar-refractivity contribution is -0.113. The maximum atomic E-state index is 12.6. The molecule has 4 rings (SSSR count). The van der Waals surface area contributed by atoms with Gasteiger partial charge in [-0.15, -0.1) is 21.5 Å². The number of hydrogen-bond donors (Lipinski definition) is 1. The van der Waals surface area contributed by atoms with Crippen molar-refractivity contribution in [2.45, 2.75) is 11.7 Å². The van der Waals surface area contributed by atoms with E-state index in [1.165, 1.54) is 30.2 Å². The molecule has 0 saturated heterocycles. The molecule has 1 N–H and O–H groups in total. The number of carbonyl (C=O) groups is 2. The molecule has 2 heterocycles. The highest BCUT2D eigenvalue weighted by atomic mass is 35.5. The number of anilines is 1. The summed E-state index contributed by atoms with van der Waals surface area (Å²) in [6.07, 6.45) is 0. The summed E-state index contributed by atoms with van der Waals surface area (Å²) in [5.41, 5.74) is 2.26. The molecule has 0 aliphatic carbocycles. The summed E-state index contributed by atoms with van der Waals surface area (Å²) >= 11 is 8.88. The average Bonchev–Trinajstić information content (AvgIpc) is 3.45. The topological polar surface area (TPSA) is 86.1 Å². The Labute approximate surface area is 203 Å². The normalized spacial score (nSPS) is 10.7. The van der Waals surface area contributed by atoms with Crippen LogP contribution in [0.4, 0.5) is 5.69 Å². The minimum atomic E-state index is -0.486. The van der Waals surface area contributed by atoms with Crippen molar-refractivity contribution in [1.82, 2.24) is 14.8 Å². The van der Waals surface area contributed by atoms with Gasteiger partial charge in [-0.3, -0.25) is 9.36 Å². The Hall–Kier alpha value is -3.14. The summed E-state index contributed by atoms with van der Waals surface area (Å²) in [6.45, 7) is 0.523. The zero-order valence-electron chi connectivity index (χ0n) is 17.5. The Morgan fingerprint density at radius 3 is 2.61 bits per heavy atom. The molecule has 10 heteroatoms. The van der Waals surface area contributed by atoms with Crippen molar-refractivity contribution >= 4 is 52.3 Å². The minimum absolute atomic E-state index is 0.0892. The number of halogens is 1. The van der Waals surface area contributed by atoms with Gasteiger partial charge in [-0.2, -0.15) is 0 Å². The first-order valence-electron chi connectivity index (χ1n) is 9.87. The highest BCUT2D eigenvalue weighted by Gasteiger charge is 2.19. The number of carbonyl (C=O) groups excluding carboxylic acids is 2. The second-order valence-electron chi connectivity index (χ2n) is 6.85. The second kappa shape index (κ2) is 10.7. The Morgan fingerprint density at radius 1 is 1.09 bits per heavy atom. The number of rotatable bonds is 8. The van der Waals surface area contributed by atoms with Crippen LogP contribution in [0.1, 0.15) is 15.2 Å². The molecular weight excluding hydrogens is 480 g/mol. The SMILES string of the molecule is COC(=O)c1sccc1NC(=O)CSc1nnc(-c2ccccc2Cl)n1Cc1ccccc1. The van der Waals surface area contributed by atoms with E-state index in [0.29, 0.717) is 33.1 Å². The van der Waals surface area contributed by atoms with Gasteiger partial charge in [-0.05, 0) is 29.1 Å². The third kappa shape index (κ3) is 5.44. The summed E-state index contributed by atoms with van der Waals surface area (Å²) in [4.78, 5) is 24.8. The summed E-state index contributed by atoms with van der Waals surface area (Å²) in [6, 6.07) is 19.0. The first-order valence-corrected chi connectivity index (χ1v) is 12.1. The fourth-order valence-electron chi connectivity index (χ4n) is 3.12. The smallest absolute Gasteiger partial charge is 0.350 e. The third-order valence-electron chi connectivity index (χ3n) is 4.66. The van der Waals surface area contributed by atoms with Crippen molar-refractivity contribution < 1.29 is 14.3 Å². The van der Waals surface area contributed by atoms with Crippen molar-refractivity contribution in [3.63, 3.8) is 0 Å². The van der Waals surface area contributed by atoms with Crippen LogP contribution in [0.3, 0.4) is 0 Å². The molecular formula is C23H19ClN4O3S2. The van der Waals surface area contributed by atoms with Gasteiger partial charge in [-0.1, -0.05) is 65.8 Å². The number of ether oxygens (including phenoxy) is 1. The predicted octanol–water partition coefficient (Wildman–Crippen LogP) is 5.23. The Kier molecular flexibility index (Phi) is 7.43. The number of esters is 1. The van der Waals surface area contributed by atoms with Gasteiger partial charge in [0.05, 0.1) is 30.1 Å². The van der Waals surface area contributed by atoms with E-state index in [0.717, 1.165) is 11.1 Å². The first kappa shape index (κ1) is 23.0. The van der Waals surface area contributed by atoms with Crippen molar-refractivity contribution in [2.75, 3.05) is 18.2 Å². The lowest BCUT2D eigenvalue weighted by atomic mass is 10.2. The standard InChI is InChI=1S/C23H19ClN4O3S2/c1-31-22(30)20-18(11-12-32-20)25-19(29)14-33-23-27-26-21(16-9-5-6-10-17(16)24)28(23)13-15-7-3-2-4-8-15/h2-12H,13-14H2,1H3,(H,25,29).